The predicted molar refractivity (Wildman–Crippen MR) is 95.8 cm³/mol. The molecular weight excluding hydrogens is 334 g/mol. The second-order valence-electron chi connectivity index (χ2n) is 5.15. The van der Waals surface area contributed by atoms with Gasteiger partial charge in [-0.3, -0.25) is 4.79 Å². The topological polar surface area (TPSA) is 75.3 Å². The van der Waals surface area contributed by atoms with Crippen LogP contribution in [0.1, 0.15) is 13.8 Å². The van der Waals surface area contributed by atoms with Crippen LogP contribution in [-0.4, -0.2) is 90.0 Å². The SMILES string of the molecule is CSCCOCCOCCOCCOCCNC(=O)COC(C)C. The van der Waals surface area contributed by atoms with E-state index in [1.807, 2.05) is 13.8 Å². The highest BCUT2D eigenvalue weighted by Crippen LogP contribution is 1.90. The van der Waals surface area contributed by atoms with E-state index in [4.69, 9.17) is 23.7 Å². The van der Waals surface area contributed by atoms with Gasteiger partial charge in [0.25, 0.3) is 0 Å². The molecule has 1 amide bonds. The van der Waals surface area contributed by atoms with Gasteiger partial charge in [0.05, 0.1) is 59.0 Å². The van der Waals surface area contributed by atoms with Gasteiger partial charge in [-0.1, -0.05) is 0 Å². The second kappa shape index (κ2) is 19.0. The van der Waals surface area contributed by atoms with Gasteiger partial charge in [-0.2, -0.15) is 11.8 Å². The molecule has 7 nitrogen and oxygen atoms in total. The molecule has 0 aromatic rings. The van der Waals surface area contributed by atoms with Gasteiger partial charge in [-0.05, 0) is 20.1 Å². The van der Waals surface area contributed by atoms with Crippen LogP contribution in [0, 0.1) is 0 Å². The monoisotopic (exact) mass is 367 g/mol. The Morgan fingerprint density at radius 2 is 1.38 bits per heavy atom. The lowest BCUT2D eigenvalue weighted by molar-refractivity contribution is -0.127. The minimum atomic E-state index is -0.127. The Morgan fingerprint density at radius 1 is 0.875 bits per heavy atom. The maximum absolute atomic E-state index is 11.3. The third-order valence-electron chi connectivity index (χ3n) is 2.66. The number of amides is 1. The van der Waals surface area contributed by atoms with Gasteiger partial charge in [0.1, 0.15) is 6.61 Å². The van der Waals surface area contributed by atoms with E-state index in [0.29, 0.717) is 52.8 Å². The molecule has 0 aliphatic heterocycles. The van der Waals surface area contributed by atoms with E-state index in [1.54, 1.807) is 11.8 Å². The van der Waals surface area contributed by atoms with E-state index in [-0.39, 0.29) is 18.6 Å². The van der Waals surface area contributed by atoms with Crippen LogP contribution in [0.5, 0.6) is 0 Å². The molecule has 1 N–H and O–H groups in total. The molecule has 0 aliphatic rings. The summed E-state index contributed by atoms with van der Waals surface area (Å²) < 4.78 is 26.6. The minimum absolute atomic E-state index is 0.0563. The molecule has 0 aromatic heterocycles. The maximum atomic E-state index is 11.3. The lowest BCUT2D eigenvalue weighted by Crippen LogP contribution is -2.31. The summed E-state index contributed by atoms with van der Waals surface area (Å²) in [4.78, 5) is 11.3. The third kappa shape index (κ3) is 19.7. The molecule has 0 saturated heterocycles. The molecule has 0 radical (unpaired) electrons. The Hall–Kier alpha value is -0.380. The van der Waals surface area contributed by atoms with Crippen LogP contribution in [0.3, 0.4) is 0 Å². The number of carbonyl (C=O) groups is 1. The Labute approximate surface area is 150 Å². The first-order valence-corrected chi connectivity index (χ1v) is 9.74. The molecule has 144 valence electrons. The van der Waals surface area contributed by atoms with Crippen molar-refractivity contribution in [1.82, 2.24) is 5.32 Å². The second-order valence-corrected chi connectivity index (χ2v) is 6.14. The van der Waals surface area contributed by atoms with Gasteiger partial charge < -0.3 is 29.0 Å². The fourth-order valence-corrected chi connectivity index (χ4v) is 1.74. The van der Waals surface area contributed by atoms with Crippen molar-refractivity contribution in [1.29, 1.82) is 0 Å². The van der Waals surface area contributed by atoms with Gasteiger partial charge >= 0.3 is 0 Å². The maximum Gasteiger partial charge on any atom is 0.246 e. The van der Waals surface area contributed by atoms with E-state index in [0.717, 1.165) is 12.4 Å². The Kier molecular flexibility index (Phi) is 18.7. The summed E-state index contributed by atoms with van der Waals surface area (Å²) in [7, 11) is 0. The van der Waals surface area contributed by atoms with E-state index in [2.05, 4.69) is 11.6 Å². The normalized spacial score (nSPS) is 11.2. The number of hydrogen-bond donors (Lipinski definition) is 1. The van der Waals surface area contributed by atoms with Crippen molar-refractivity contribution in [3.8, 4) is 0 Å². The van der Waals surface area contributed by atoms with Crippen LogP contribution in [-0.2, 0) is 28.5 Å². The summed E-state index contributed by atoms with van der Waals surface area (Å²) in [6.45, 7) is 8.88. The highest BCUT2D eigenvalue weighted by atomic mass is 32.2. The van der Waals surface area contributed by atoms with Crippen LogP contribution in [0.2, 0.25) is 0 Å². The summed E-state index contributed by atoms with van der Waals surface area (Å²) in [5.74, 6) is 0.886. The zero-order chi connectivity index (χ0) is 17.9. The van der Waals surface area contributed by atoms with E-state index in [9.17, 15) is 4.79 Å². The molecule has 0 bridgehead atoms. The highest BCUT2D eigenvalue weighted by molar-refractivity contribution is 7.98. The molecule has 0 atom stereocenters. The van der Waals surface area contributed by atoms with Crippen LogP contribution in [0.25, 0.3) is 0 Å². The fourth-order valence-electron chi connectivity index (χ4n) is 1.46. The van der Waals surface area contributed by atoms with Crippen molar-refractivity contribution >= 4 is 17.7 Å². The number of nitrogens with one attached hydrogen (secondary N) is 1. The zero-order valence-electron chi connectivity index (χ0n) is 15.2. The molecule has 0 rings (SSSR count). The van der Waals surface area contributed by atoms with Crippen molar-refractivity contribution in [2.75, 3.05) is 78.0 Å². The van der Waals surface area contributed by atoms with Crippen LogP contribution >= 0.6 is 11.8 Å². The Bertz CT molecular complexity index is 281. The van der Waals surface area contributed by atoms with Crippen molar-refractivity contribution in [2.45, 2.75) is 20.0 Å². The number of carbonyl (C=O) groups excluding carboxylic acids is 1. The Balaban J connectivity index is 3.08. The molecule has 0 spiro atoms. The van der Waals surface area contributed by atoms with E-state index < -0.39 is 0 Å². The molecule has 8 heteroatoms. The zero-order valence-corrected chi connectivity index (χ0v) is 16.0. The number of ether oxygens (including phenoxy) is 5. The van der Waals surface area contributed by atoms with Gasteiger partial charge in [0.15, 0.2) is 0 Å². The predicted octanol–water partition coefficient (Wildman–Crippen LogP) is 0.957. The number of hydrogen-bond acceptors (Lipinski definition) is 7. The van der Waals surface area contributed by atoms with Crippen LogP contribution < -0.4 is 5.32 Å². The van der Waals surface area contributed by atoms with Crippen LogP contribution in [0.4, 0.5) is 0 Å². The van der Waals surface area contributed by atoms with Crippen molar-refractivity contribution in [3.63, 3.8) is 0 Å². The molecule has 0 aromatic carbocycles. The number of thioether (sulfide) groups is 1. The van der Waals surface area contributed by atoms with Crippen molar-refractivity contribution < 1.29 is 28.5 Å². The molecule has 0 unspecified atom stereocenters. The van der Waals surface area contributed by atoms with Gasteiger partial charge in [0, 0.05) is 12.3 Å². The van der Waals surface area contributed by atoms with Gasteiger partial charge in [0.2, 0.25) is 5.91 Å². The quantitative estimate of drug-likeness (QED) is 0.362. The van der Waals surface area contributed by atoms with E-state index in [1.165, 1.54) is 0 Å². The first-order valence-electron chi connectivity index (χ1n) is 8.35. The Morgan fingerprint density at radius 3 is 1.88 bits per heavy atom. The van der Waals surface area contributed by atoms with Crippen LogP contribution in [0.15, 0.2) is 0 Å². The average Bonchev–Trinajstić information content (AvgIpc) is 2.56. The summed E-state index contributed by atoms with van der Waals surface area (Å²) in [6.07, 6.45) is 2.11. The summed E-state index contributed by atoms with van der Waals surface area (Å²) >= 11 is 1.77. The minimum Gasteiger partial charge on any atom is -0.378 e. The van der Waals surface area contributed by atoms with E-state index >= 15 is 0 Å². The lowest BCUT2D eigenvalue weighted by atomic mass is 10.5. The van der Waals surface area contributed by atoms with Gasteiger partial charge in [-0.15, -0.1) is 0 Å². The highest BCUT2D eigenvalue weighted by Gasteiger charge is 2.02. The smallest absolute Gasteiger partial charge is 0.246 e. The molecule has 0 aliphatic carbocycles. The first-order chi connectivity index (χ1) is 11.7. The van der Waals surface area contributed by atoms with Gasteiger partial charge in [-0.25, -0.2) is 0 Å². The first kappa shape index (κ1) is 23.6. The molecule has 0 fully saturated rings. The summed E-state index contributed by atoms with van der Waals surface area (Å²) in [6, 6.07) is 0. The summed E-state index contributed by atoms with van der Waals surface area (Å²) in [5, 5.41) is 2.72. The molecular formula is C16H33NO6S. The molecule has 0 saturated carbocycles. The standard InChI is InChI=1S/C16H33NO6S/c1-15(2)23-14-16(18)17-4-5-19-6-7-20-8-9-21-10-11-22-12-13-24-3/h15H,4-14H2,1-3H3,(H,17,18). The lowest BCUT2D eigenvalue weighted by Gasteiger charge is -2.09. The molecule has 24 heavy (non-hydrogen) atoms. The largest absolute Gasteiger partial charge is 0.378 e. The number of rotatable bonds is 18. The summed E-state index contributed by atoms with van der Waals surface area (Å²) in [5.41, 5.74) is 0. The average molecular weight is 368 g/mol. The molecule has 0 heterocycles. The third-order valence-corrected chi connectivity index (χ3v) is 3.24. The van der Waals surface area contributed by atoms with Crippen molar-refractivity contribution in [3.05, 3.63) is 0 Å². The van der Waals surface area contributed by atoms with Crippen molar-refractivity contribution in [2.24, 2.45) is 0 Å². The fraction of sp³-hybridized carbons (Fsp3) is 0.938.